The van der Waals surface area contributed by atoms with Crippen molar-refractivity contribution in [2.75, 3.05) is 11.8 Å². The summed E-state index contributed by atoms with van der Waals surface area (Å²) in [5.74, 6) is -0.794. The quantitative estimate of drug-likeness (QED) is 0.365. The highest BCUT2D eigenvalue weighted by atomic mass is 35.5. The first-order chi connectivity index (χ1) is 15.9. The summed E-state index contributed by atoms with van der Waals surface area (Å²) in [6.07, 6.45) is 4.18. The van der Waals surface area contributed by atoms with Crippen molar-refractivity contribution in [3.05, 3.63) is 65.3 Å². The fourth-order valence-electron chi connectivity index (χ4n) is 3.15. The third kappa shape index (κ3) is 4.82. The van der Waals surface area contributed by atoms with E-state index in [1.165, 1.54) is 54.2 Å². The summed E-state index contributed by atoms with van der Waals surface area (Å²) in [6, 6.07) is 5.30. The Labute approximate surface area is 197 Å². The number of para-hydroxylation sites is 1. The van der Waals surface area contributed by atoms with Crippen LogP contribution in [0.3, 0.4) is 0 Å². The molecule has 33 heavy (non-hydrogen) atoms. The van der Waals surface area contributed by atoms with Crippen LogP contribution in [0.2, 0.25) is 5.02 Å². The van der Waals surface area contributed by atoms with Crippen molar-refractivity contribution in [1.82, 2.24) is 34.5 Å². The molecule has 3 aromatic heterocycles. The molecule has 0 aliphatic carbocycles. The molecule has 2 atom stereocenters. The lowest BCUT2D eigenvalue weighted by molar-refractivity contribution is 0.0972. The average Bonchev–Trinajstić information content (AvgIpc) is 3.40. The van der Waals surface area contributed by atoms with Gasteiger partial charge in [-0.3, -0.25) is 14.0 Å². The van der Waals surface area contributed by atoms with Crippen LogP contribution in [0.5, 0.6) is 0 Å². The Morgan fingerprint density at radius 2 is 1.82 bits per heavy atom. The van der Waals surface area contributed by atoms with E-state index in [2.05, 4.69) is 30.0 Å². The highest BCUT2D eigenvalue weighted by Gasteiger charge is 2.26. The van der Waals surface area contributed by atoms with Gasteiger partial charge in [0.15, 0.2) is 11.6 Å². The number of nitrogens with zero attached hydrogens (tertiary/aromatic N) is 7. The minimum Gasteiger partial charge on any atom is -0.372 e. The van der Waals surface area contributed by atoms with Gasteiger partial charge in [-0.2, -0.15) is 5.10 Å². The predicted octanol–water partition coefficient (Wildman–Crippen LogP) is 4.23. The van der Waals surface area contributed by atoms with Crippen molar-refractivity contribution in [1.29, 1.82) is 0 Å². The smallest absolute Gasteiger partial charge is 0.239 e. The zero-order valence-corrected chi connectivity index (χ0v) is 19.3. The molecule has 2 unspecified atom stereocenters. The van der Waals surface area contributed by atoms with Crippen molar-refractivity contribution < 1.29 is 13.5 Å². The maximum atomic E-state index is 14.7. The minimum absolute atomic E-state index is 0.114. The van der Waals surface area contributed by atoms with Crippen LogP contribution in [0.15, 0.2) is 42.9 Å². The molecule has 1 aromatic carbocycles. The summed E-state index contributed by atoms with van der Waals surface area (Å²) in [6.45, 7) is 1.88. The molecule has 4 aromatic rings. The van der Waals surface area contributed by atoms with Crippen molar-refractivity contribution >= 4 is 29.5 Å². The Kier molecular flexibility index (Phi) is 6.86. The van der Waals surface area contributed by atoms with Gasteiger partial charge in [-0.1, -0.05) is 17.7 Å². The SMILES string of the molecule is COC(c1ncc(Cl)cn1)C(C)SNc1nnc(-c2ccn(C)n2)n1-c1c(F)cccc1F. The highest BCUT2D eigenvalue weighted by molar-refractivity contribution is 8.01. The molecular formula is C20H19ClF2N8OS. The lowest BCUT2D eigenvalue weighted by Gasteiger charge is -2.21. The standard InChI is InChI=1S/C20H19ClF2N8OS/c1-11(17(32-3)18-24-9-12(21)10-25-18)33-29-20-27-26-19(15-7-8-30(2)28-15)31(20)16-13(22)5-4-6-14(16)23/h4-11,17H,1-3H3,(H,27,29). The van der Waals surface area contributed by atoms with Crippen molar-refractivity contribution in [3.63, 3.8) is 0 Å². The van der Waals surface area contributed by atoms with E-state index in [4.69, 9.17) is 16.3 Å². The maximum Gasteiger partial charge on any atom is 0.239 e. The van der Waals surface area contributed by atoms with Crippen LogP contribution in [0.25, 0.3) is 17.2 Å². The van der Waals surface area contributed by atoms with Crippen molar-refractivity contribution in [2.45, 2.75) is 18.3 Å². The van der Waals surface area contributed by atoms with Gasteiger partial charge in [0.2, 0.25) is 5.95 Å². The van der Waals surface area contributed by atoms with Crippen LogP contribution in [0, 0.1) is 11.6 Å². The summed E-state index contributed by atoms with van der Waals surface area (Å²) in [5.41, 5.74) is 0.0892. The Balaban J connectivity index is 1.66. The fourth-order valence-corrected chi connectivity index (χ4v) is 4.03. The molecule has 172 valence electrons. The molecule has 0 radical (unpaired) electrons. The van der Waals surface area contributed by atoms with Gasteiger partial charge in [-0.15, -0.1) is 10.2 Å². The Morgan fingerprint density at radius 3 is 2.42 bits per heavy atom. The molecule has 0 amide bonds. The van der Waals surface area contributed by atoms with Gasteiger partial charge >= 0.3 is 0 Å². The number of methoxy groups -OCH3 is 1. The molecular weight excluding hydrogens is 474 g/mol. The van der Waals surface area contributed by atoms with Crippen LogP contribution in [-0.4, -0.2) is 46.9 Å². The normalized spacial score (nSPS) is 13.2. The molecule has 9 nitrogen and oxygen atoms in total. The lowest BCUT2D eigenvalue weighted by atomic mass is 10.2. The first-order valence-corrected chi connectivity index (χ1v) is 11.0. The molecule has 13 heteroatoms. The summed E-state index contributed by atoms with van der Waals surface area (Å²) < 4.78 is 40.8. The topological polar surface area (TPSA) is 95.6 Å². The van der Waals surface area contributed by atoms with Crippen molar-refractivity contribution in [2.24, 2.45) is 7.05 Å². The second kappa shape index (κ2) is 9.81. The van der Waals surface area contributed by atoms with E-state index in [9.17, 15) is 8.78 Å². The molecule has 4 rings (SSSR count). The van der Waals surface area contributed by atoms with E-state index < -0.39 is 17.7 Å². The summed E-state index contributed by atoms with van der Waals surface area (Å²) in [5, 5.41) is 12.7. The van der Waals surface area contributed by atoms with Crippen molar-refractivity contribution in [3.8, 4) is 17.2 Å². The molecule has 0 fully saturated rings. The second-order valence-electron chi connectivity index (χ2n) is 6.97. The number of halogens is 3. The number of nitrogens with one attached hydrogen (secondary N) is 1. The minimum atomic E-state index is -0.766. The average molecular weight is 493 g/mol. The van der Waals surface area contributed by atoms with Gasteiger partial charge < -0.3 is 4.74 Å². The van der Waals surface area contributed by atoms with Crippen LogP contribution in [0.1, 0.15) is 18.9 Å². The third-order valence-corrected chi connectivity index (χ3v) is 5.79. The number of hydrogen-bond donors (Lipinski definition) is 1. The largest absolute Gasteiger partial charge is 0.372 e. The molecule has 0 saturated carbocycles. The molecule has 0 saturated heterocycles. The summed E-state index contributed by atoms with van der Waals surface area (Å²) in [7, 11) is 3.27. The van der Waals surface area contributed by atoms with Gasteiger partial charge in [0.25, 0.3) is 0 Å². The van der Waals surface area contributed by atoms with E-state index >= 15 is 0 Å². The molecule has 0 bridgehead atoms. The second-order valence-corrected chi connectivity index (χ2v) is 8.59. The zero-order chi connectivity index (χ0) is 23.5. The molecule has 0 aliphatic rings. The number of hydrogen-bond acceptors (Lipinski definition) is 8. The number of aromatic nitrogens is 7. The fraction of sp³-hybridized carbons (Fsp3) is 0.250. The first kappa shape index (κ1) is 23.1. The third-order valence-electron chi connectivity index (χ3n) is 4.68. The van der Waals surface area contributed by atoms with E-state index in [1.807, 2.05) is 6.92 Å². The molecule has 3 heterocycles. The number of anilines is 1. The number of aryl methyl sites for hydroxylation is 1. The van der Waals surface area contributed by atoms with E-state index in [0.29, 0.717) is 16.5 Å². The number of rotatable bonds is 8. The van der Waals surface area contributed by atoms with Crippen LogP contribution >= 0.6 is 23.5 Å². The summed E-state index contributed by atoms with van der Waals surface area (Å²) in [4.78, 5) is 8.42. The number of ether oxygens (including phenoxy) is 1. The zero-order valence-electron chi connectivity index (χ0n) is 17.8. The Bertz CT molecular complexity index is 1230. The monoisotopic (exact) mass is 492 g/mol. The molecule has 0 spiro atoms. The first-order valence-electron chi connectivity index (χ1n) is 9.70. The van der Waals surface area contributed by atoms with Gasteiger partial charge in [0.1, 0.15) is 29.1 Å². The van der Waals surface area contributed by atoms with Gasteiger partial charge in [0, 0.05) is 32.7 Å². The Hall–Kier alpha value is -3.09. The van der Waals surface area contributed by atoms with E-state index in [0.717, 1.165) is 0 Å². The lowest BCUT2D eigenvalue weighted by Crippen LogP contribution is -2.19. The molecule has 0 aliphatic heterocycles. The van der Waals surface area contributed by atoms with Gasteiger partial charge in [-0.25, -0.2) is 18.7 Å². The number of benzene rings is 1. The maximum absolute atomic E-state index is 14.7. The van der Waals surface area contributed by atoms with Crippen LogP contribution in [0.4, 0.5) is 14.7 Å². The highest BCUT2D eigenvalue weighted by Crippen LogP contribution is 2.32. The van der Waals surface area contributed by atoms with Gasteiger partial charge in [0.05, 0.1) is 10.3 Å². The predicted molar refractivity (Wildman–Crippen MR) is 121 cm³/mol. The Morgan fingerprint density at radius 1 is 1.12 bits per heavy atom. The van der Waals surface area contributed by atoms with E-state index in [1.54, 1.807) is 24.0 Å². The van der Waals surface area contributed by atoms with E-state index in [-0.39, 0.29) is 22.7 Å². The van der Waals surface area contributed by atoms with Gasteiger partial charge in [-0.05, 0) is 37.1 Å². The summed E-state index contributed by atoms with van der Waals surface area (Å²) >= 11 is 7.08. The van der Waals surface area contributed by atoms with Crippen LogP contribution in [-0.2, 0) is 11.8 Å². The van der Waals surface area contributed by atoms with Crippen LogP contribution < -0.4 is 4.72 Å². The molecule has 1 N–H and O–H groups in total.